The number of carbonyl (C=O) groups is 1. The molecule has 1 amide bonds. The Morgan fingerprint density at radius 1 is 1.13 bits per heavy atom. The molecule has 4 heterocycles. The maximum atomic E-state index is 12.7. The number of imidazole rings is 1. The van der Waals surface area contributed by atoms with Gasteiger partial charge in [0.25, 0.3) is 5.91 Å². The summed E-state index contributed by atoms with van der Waals surface area (Å²) < 4.78 is 1.77. The number of aromatic nitrogens is 4. The number of fused-ring (bicyclic) bond motifs is 1. The molecule has 1 aliphatic heterocycles. The molecule has 3 aromatic rings. The first-order valence-electron chi connectivity index (χ1n) is 7.55. The van der Waals surface area contributed by atoms with Gasteiger partial charge in [0.1, 0.15) is 5.69 Å². The van der Waals surface area contributed by atoms with Gasteiger partial charge in [0.15, 0.2) is 5.13 Å². The Labute approximate surface area is 137 Å². The van der Waals surface area contributed by atoms with Crippen molar-refractivity contribution in [1.82, 2.24) is 24.3 Å². The van der Waals surface area contributed by atoms with Gasteiger partial charge in [-0.3, -0.25) is 9.20 Å². The van der Waals surface area contributed by atoms with Crippen LogP contribution in [0, 0.1) is 0 Å². The zero-order valence-corrected chi connectivity index (χ0v) is 13.3. The first kappa shape index (κ1) is 14.1. The van der Waals surface area contributed by atoms with E-state index < -0.39 is 0 Å². The summed E-state index contributed by atoms with van der Waals surface area (Å²) >= 11 is 1.64. The lowest BCUT2D eigenvalue weighted by molar-refractivity contribution is 0.0762. The van der Waals surface area contributed by atoms with E-state index in [0.29, 0.717) is 18.0 Å². The molecular formula is C15H16N6OS. The molecule has 118 valence electrons. The normalized spacial score (nSPS) is 15.8. The van der Waals surface area contributed by atoms with Crippen molar-refractivity contribution in [3.63, 3.8) is 0 Å². The highest BCUT2D eigenvalue weighted by Gasteiger charge is 2.23. The van der Waals surface area contributed by atoms with Crippen molar-refractivity contribution in [3.05, 3.63) is 41.9 Å². The quantitative estimate of drug-likeness (QED) is 0.714. The highest BCUT2D eigenvalue weighted by atomic mass is 32.1. The maximum absolute atomic E-state index is 12.7. The monoisotopic (exact) mass is 328 g/mol. The lowest BCUT2D eigenvalue weighted by Crippen LogP contribution is -2.35. The van der Waals surface area contributed by atoms with Crippen LogP contribution in [0.1, 0.15) is 16.9 Å². The van der Waals surface area contributed by atoms with Crippen LogP contribution in [0.25, 0.3) is 5.78 Å². The van der Waals surface area contributed by atoms with Gasteiger partial charge in [-0.25, -0.2) is 15.0 Å². The fourth-order valence-electron chi connectivity index (χ4n) is 2.78. The first-order chi connectivity index (χ1) is 11.3. The number of hydrogen-bond acceptors (Lipinski definition) is 6. The van der Waals surface area contributed by atoms with Crippen LogP contribution in [0.3, 0.4) is 0 Å². The molecule has 1 aliphatic rings. The Bertz CT molecular complexity index is 781. The van der Waals surface area contributed by atoms with E-state index in [1.54, 1.807) is 28.1 Å². The summed E-state index contributed by atoms with van der Waals surface area (Å²) in [5.74, 6) is 0.520. The minimum Gasteiger partial charge on any atom is -0.346 e. The van der Waals surface area contributed by atoms with E-state index in [9.17, 15) is 4.79 Å². The number of thiazole rings is 1. The second-order valence-corrected chi connectivity index (χ2v) is 6.27. The number of rotatable bonds is 2. The Balaban J connectivity index is 1.50. The Morgan fingerprint density at radius 3 is 2.91 bits per heavy atom. The molecule has 0 aromatic carbocycles. The average Bonchev–Trinajstić information content (AvgIpc) is 3.19. The number of carbonyl (C=O) groups excluding carboxylic acids is 1. The minimum atomic E-state index is -0.0310. The maximum Gasteiger partial charge on any atom is 0.274 e. The van der Waals surface area contributed by atoms with E-state index in [2.05, 4.69) is 19.9 Å². The van der Waals surface area contributed by atoms with E-state index in [0.717, 1.165) is 31.2 Å². The molecule has 0 spiro atoms. The van der Waals surface area contributed by atoms with Gasteiger partial charge >= 0.3 is 0 Å². The Morgan fingerprint density at radius 2 is 2.09 bits per heavy atom. The van der Waals surface area contributed by atoms with Gasteiger partial charge in [0.2, 0.25) is 5.78 Å². The zero-order chi connectivity index (χ0) is 15.6. The molecule has 1 fully saturated rings. The standard InChI is InChI=1S/C15H16N6OS/c22-13(12-11-21-5-1-3-16-14(21)18-12)19-6-2-7-20(9-8-19)15-17-4-10-23-15/h1,3-5,10-11H,2,6-9H2. The van der Waals surface area contributed by atoms with Gasteiger partial charge in [0.05, 0.1) is 0 Å². The van der Waals surface area contributed by atoms with Gasteiger partial charge in [-0.1, -0.05) is 0 Å². The summed E-state index contributed by atoms with van der Waals surface area (Å²) in [5, 5.41) is 3.00. The predicted octanol–water partition coefficient (Wildman–Crippen LogP) is 1.54. The molecule has 8 heteroatoms. The Kier molecular flexibility index (Phi) is 3.66. The average molecular weight is 328 g/mol. The van der Waals surface area contributed by atoms with Crippen LogP contribution < -0.4 is 4.90 Å². The van der Waals surface area contributed by atoms with Crippen molar-refractivity contribution >= 4 is 28.2 Å². The van der Waals surface area contributed by atoms with E-state index in [4.69, 9.17) is 0 Å². The second kappa shape index (κ2) is 5.96. The van der Waals surface area contributed by atoms with E-state index in [1.165, 1.54) is 0 Å². The zero-order valence-electron chi connectivity index (χ0n) is 12.5. The molecule has 3 aromatic heterocycles. The molecule has 0 radical (unpaired) electrons. The van der Waals surface area contributed by atoms with Crippen molar-refractivity contribution in [2.24, 2.45) is 0 Å². The van der Waals surface area contributed by atoms with Crippen LogP contribution in [0.4, 0.5) is 5.13 Å². The first-order valence-corrected chi connectivity index (χ1v) is 8.43. The molecule has 0 unspecified atom stereocenters. The summed E-state index contributed by atoms with van der Waals surface area (Å²) in [6, 6.07) is 1.82. The molecule has 4 rings (SSSR count). The molecule has 23 heavy (non-hydrogen) atoms. The SMILES string of the molecule is O=C(c1cn2cccnc2n1)N1CCCN(c2nccs2)CC1. The lowest BCUT2D eigenvalue weighted by atomic mass is 10.3. The second-order valence-electron chi connectivity index (χ2n) is 5.40. The van der Waals surface area contributed by atoms with Crippen LogP contribution >= 0.6 is 11.3 Å². The summed E-state index contributed by atoms with van der Waals surface area (Å²) in [4.78, 5) is 29.7. The van der Waals surface area contributed by atoms with Gasteiger partial charge in [0, 0.05) is 56.3 Å². The molecule has 0 bridgehead atoms. The molecule has 1 saturated heterocycles. The molecule has 0 saturated carbocycles. The largest absolute Gasteiger partial charge is 0.346 e. The van der Waals surface area contributed by atoms with Crippen LogP contribution in [-0.4, -0.2) is 56.3 Å². The number of nitrogens with zero attached hydrogens (tertiary/aromatic N) is 6. The third-order valence-corrected chi connectivity index (χ3v) is 4.76. The highest BCUT2D eigenvalue weighted by molar-refractivity contribution is 7.13. The van der Waals surface area contributed by atoms with Crippen LogP contribution in [0.5, 0.6) is 0 Å². The van der Waals surface area contributed by atoms with E-state index in [1.807, 2.05) is 28.7 Å². The van der Waals surface area contributed by atoms with Crippen molar-refractivity contribution in [1.29, 1.82) is 0 Å². The smallest absolute Gasteiger partial charge is 0.274 e. The summed E-state index contributed by atoms with van der Waals surface area (Å²) in [7, 11) is 0. The number of amides is 1. The number of anilines is 1. The molecule has 0 N–H and O–H groups in total. The number of hydrogen-bond donors (Lipinski definition) is 0. The molecule has 0 aliphatic carbocycles. The van der Waals surface area contributed by atoms with E-state index >= 15 is 0 Å². The fourth-order valence-corrected chi connectivity index (χ4v) is 3.48. The van der Waals surface area contributed by atoms with Crippen molar-refractivity contribution in [2.75, 3.05) is 31.1 Å². The molecular weight excluding hydrogens is 312 g/mol. The summed E-state index contributed by atoms with van der Waals surface area (Å²) in [5.41, 5.74) is 0.450. The fraction of sp³-hybridized carbons (Fsp3) is 0.333. The van der Waals surface area contributed by atoms with Gasteiger partial charge < -0.3 is 9.80 Å². The molecule has 0 atom stereocenters. The van der Waals surface area contributed by atoms with E-state index in [-0.39, 0.29) is 5.91 Å². The van der Waals surface area contributed by atoms with Crippen molar-refractivity contribution in [3.8, 4) is 0 Å². The van der Waals surface area contributed by atoms with Gasteiger partial charge in [-0.05, 0) is 12.5 Å². The third-order valence-electron chi connectivity index (χ3n) is 3.93. The predicted molar refractivity (Wildman–Crippen MR) is 87.8 cm³/mol. The lowest BCUT2D eigenvalue weighted by Gasteiger charge is -2.20. The molecule has 7 nitrogen and oxygen atoms in total. The van der Waals surface area contributed by atoms with Crippen molar-refractivity contribution < 1.29 is 4.79 Å². The minimum absolute atomic E-state index is 0.0310. The Hall–Kier alpha value is -2.48. The third kappa shape index (κ3) is 2.77. The van der Waals surface area contributed by atoms with Crippen LogP contribution in [0.2, 0.25) is 0 Å². The summed E-state index contributed by atoms with van der Waals surface area (Å²) in [6.07, 6.45) is 8.01. The van der Waals surface area contributed by atoms with Gasteiger partial charge in [-0.15, -0.1) is 11.3 Å². The van der Waals surface area contributed by atoms with Crippen LogP contribution in [0.15, 0.2) is 36.2 Å². The highest BCUT2D eigenvalue weighted by Crippen LogP contribution is 2.19. The van der Waals surface area contributed by atoms with Gasteiger partial charge in [-0.2, -0.15) is 0 Å². The topological polar surface area (TPSA) is 66.6 Å². The van der Waals surface area contributed by atoms with Crippen LogP contribution in [-0.2, 0) is 0 Å². The summed E-state index contributed by atoms with van der Waals surface area (Å²) in [6.45, 7) is 3.14. The van der Waals surface area contributed by atoms with Crippen molar-refractivity contribution in [2.45, 2.75) is 6.42 Å².